The lowest BCUT2D eigenvalue weighted by Gasteiger charge is -2.14. The Morgan fingerprint density at radius 2 is 2.06 bits per heavy atom. The number of nitrogens with zero attached hydrogens (tertiary/aromatic N) is 4. The Hall–Kier alpha value is -1.59. The molecule has 0 spiro atoms. The normalized spacial score (nSPS) is 23.1. The van der Waals surface area contributed by atoms with Crippen LogP contribution >= 0.6 is 0 Å². The number of hydrogen-bond acceptors (Lipinski definition) is 6. The number of nitrogen functional groups attached to an aromatic ring is 1. The van der Waals surface area contributed by atoms with Crippen LogP contribution in [0.5, 0.6) is 0 Å². The first-order valence-corrected chi connectivity index (χ1v) is 6.47. The van der Waals surface area contributed by atoms with Crippen LogP contribution in [0.2, 0.25) is 0 Å². The molecule has 1 aromatic heterocycles. The Kier molecular flexibility index (Phi) is 3.84. The first-order valence-electron chi connectivity index (χ1n) is 6.47. The van der Waals surface area contributed by atoms with E-state index in [1.165, 1.54) is 19.3 Å². The van der Waals surface area contributed by atoms with Gasteiger partial charge in [0.15, 0.2) is 0 Å². The average Bonchev–Trinajstić information content (AvgIpc) is 2.72. The van der Waals surface area contributed by atoms with Gasteiger partial charge in [-0.25, -0.2) is 0 Å². The minimum absolute atomic E-state index is 0.260. The van der Waals surface area contributed by atoms with Crippen LogP contribution in [-0.4, -0.2) is 35.6 Å². The van der Waals surface area contributed by atoms with Gasteiger partial charge in [-0.05, 0) is 24.7 Å². The first kappa shape index (κ1) is 12.9. The molecule has 1 aliphatic rings. The third-order valence-electron chi connectivity index (χ3n) is 3.39. The monoisotopic (exact) mass is 250 g/mol. The fourth-order valence-corrected chi connectivity index (χ4v) is 2.41. The van der Waals surface area contributed by atoms with Crippen molar-refractivity contribution >= 4 is 17.8 Å². The predicted molar refractivity (Wildman–Crippen MR) is 73.6 cm³/mol. The van der Waals surface area contributed by atoms with Crippen LogP contribution in [0.3, 0.4) is 0 Å². The molecule has 100 valence electrons. The summed E-state index contributed by atoms with van der Waals surface area (Å²) in [6.07, 6.45) is 3.90. The highest BCUT2D eigenvalue weighted by Crippen LogP contribution is 2.30. The maximum atomic E-state index is 5.67. The molecule has 1 aliphatic carbocycles. The van der Waals surface area contributed by atoms with Crippen LogP contribution in [0.25, 0.3) is 0 Å². The lowest BCUT2D eigenvalue weighted by Crippen LogP contribution is -2.18. The van der Waals surface area contributed by atoms with E-state index in [1.54, 1.807) is 0 Å². The quantitative estimate of drug-likeness (QED) is 0.840. The Balaban J connectivity index is 1.96. The van der Waals surface area contributed by atoms with E-state index in [0.717, 1.165) is 18.4 Å². The molecule has 3 N–H and O–H groups in total. The SMILES string of the molecule is CC1CCC(CNc2nc(N)nc(N(C)C)n2)C1. The zero-order chi connectivity index (χ0) is 13.1. The maximum Gasteiger partial charge on any atom is 0.231 e. The van der Waals surface area contributed by atoms with Gasteiger partial charge in [-0.1, -0.05) is 13.3 Å². The molecule has 0 radical (unpaired) electrons. The molecule has 0 aliphatic heterocycles. The molecular weight excluding hydrogens is 228 g/mol. The molecule has 0 aromatic carbocycles. The number of anilines is 3. The van der Waals surface area contributed by atoms with Gasteiger partial charge in [0, 0.05) is 20.6 Å². The second-order valence-corrected chi connectivity index (χ2v) is 5.38. The molecule has 1 saturated carbocycles. The molecule has 2 rings (SSSR count). The summed E-state index contributed by atoms with van der Waals surface area (Å²) in [5, 5.41) is 3.27. The molecular formula is C12H22N6. The summed E-state index contributed by atoms with van der Waals surface area (Å²) in [4.78, 5) is 14.3. The number of hydrogen-bond donors (Lipinski definition) is 2. The number of aromatic nitrogens is 3. The van der Waals surface area contributed by atoms with Gasteiger partial charge in [0.2, 0.25) is 17.8 Å². The Bertz CT molecular complexity index is 406. The summed E-state index contributed by atoms with van der Waals surface area (Å²) in [5.41, 5.74) is 5.67. The van der Waals surface area contributed by atoms with Crippen molar-refractivity contribution in [3.63, 3.8) is 0 Å². The van der Waals surface area contributed by atoms with Gasteiger partial charge in [-0.3, -0.25) is 0 Å². The Morgan fingerprint density at radius 1 is 1.28 bits per heavy atom. The third-order valence-corrected chi connectivity index (χ3v) is 3.39. The van der Waals surface area contributed by atoms with Gasteiger partial charge >= 0.3 is 0 Å². The van der Waals surface area contributed by atoms with Crippen molar-refractivity contribution in [3.05, 3.63) is 0 Å². The third kappa shape index (κ3) is 3.21. The van der Waals surface area contributed by atoms with Gasteiger partial charge in [0.1, 0.15) is 0 Å². The molecule has 2 unspecified atom stereocenters. The minimum Gasteiger partial charge on any atom is -0.368 e. The Labute approximate surface area is 108 Å². The van der Waals surface area contributed by atoms with Crippen LogP contribution < -0.4 is 16.0 Å². The van der Waals surface area contributed by atoms with Crippen molar-refractivity contribution in [1.82, 2.24) is 15.0 Å². The molecule has 6 heteroatoms. The van der Waals surface area contributed by atoms with Crippen molar-refractivity contribution in [1.29, 1.82) is 0 Å². The minimum atomic E-state index is 0.260. The van der Waals surface area contributed by atoms with E-state index in [2.05, 4.69) is 27.2 Å². The van der Waals surface area contributed by atoms with E-state index in [0.29, 0.717) is 11.9 Å². The smallest absolute Gasteiger partial charge is 0.231 e. The standard InChI is InChI=1S/C12H22N6/c1-8-4-5-9(6-8)7-14-11-15-10(13)16-12(17-11)18(2)3/h8-9H,4-7H2,1-3H3,(H3,13,14,15,16,17). The van der Waals surface area contributed by atoms with Gasteiger partial charge in [-0.2, -0.15) is 15.0 Å². The molecule has 0 amide bonds. The molecule has 1 fully saturated rings. The summed E-state index contributed by atoms with van der Waals surface area (Å²) < 4.78 is 0. The van der Waals surface area contributed by atoms with Crippen molar-refractivity contribution in [2.75, 3.05) is 36.6 Å². The van der Waals surface area contributed by atoms with Crippen molar-refractivity contribution in [2.45, 2.75) is 26.2 Å². The van der Waals surface area contributed by atoms with E-state index >= 15 is 0 Å². The molecule has 18 heavy (non-hydrogen) atoms. The van der Waals surface area contributed by atoms with Gasteiger partial charge in [0.25, 0.3) is 0 Å². The fourth-order valence-electron chi connectivity index (χ4n) is 2.41. The highest BCUT2D eigenvalue weighted by molar-refractivity contribution is 5.40. The van der Waals surface area contributed by atoms with Gasteiger partial charge in [0.05, 0.1) is 0 Å². The van der Waals surface area contributed by atoms with E-state index in [-0.39, 0.29) is 5.95 Å². The molecule has 6 nitrogen and oxygen atoms in total. The van der Waals surface area contributed by atoms with Crippen molar-refractivity contribution in [2.24, 2.45) is 11.8 Å². The summed E-state index contributed by atoms with van der Waals surface area (Å²) >= 11 is 0. The van der Waals surface area contributed by atoms with Gasteiger partial charge < -0.3 is 16.0 Å². The van der Waals surface area contributed by atoms with E-state index in [1.807, 2.05) is 19.0 Å². The summed E-state index contributed by atoms with van der Waals surface area (Å²) in [6, 6.07) is 0. The van der Waals surface area contributed by atoms with Crippen molar-refractivity contribution in [3.8, 4) is 0 Å². The zero-order valence-electron chi connectivity index (χ0n) is 11.3. The number of nitrogens with two attached hydrogens (primary N) is 1. The van der Waals surface area contributed by atoms with E-state index < -0.39 is 0 Å². The van der Waals surface area contributed by atoms with Crippen LogP contribution in [0.1, 0.15) is 26.2 Å². The van der Waals surface area contributed by atoms with Crippen LogP contribution in [0.4, 0.5) is 17.8 Å². The van der Waals surface area contributed by atoms with Crippen LogP contribution in [-0.2, 0) is 0 Å². The zero-order valence-corrected chi connectivity index (χ0v) is 11.3. The lowest BCUT2D eigenvalue weighted by molar-refractivity contribution is 0.536. The lowest BCUT2D eigenvalue weighted by atomic mass is 10.1. The van der Waals surface area contributed by atoms with Crippen molar-refractivity contribution < 1.29 is 0 Å². The summed E-state index contributed by atoms with van der Waals surface area (Å²) in [5.74, 6) is 2.99. The molecule has 1 aromatic rings. The molecule has 1 heterocycles. The topological polar surface area (TPSA) is 80.0 Å². The van der Waals surface area contributed by atoms with E-state index in [4.69, 9.17) is 5.73 Å². The second-order valence-electron chi connectivity index (χ2n) is 5.38. The summed E-state index contributed by atoms with van der Waals surface area (Å²) in [7, 11) is 3.77. The second kappa shape index (κ2) is 5.37. The van der Waals surface area contributed by atoms with Crippen LogP contribution in [0, 0.1) is 11.8 Å². The van der Waals surface area contributed by atoms with Crippen LogP contribution in [0.15, 0.2) is 0 Å². The highest BCUT2D eigenvalue weighted by Gasteiger charge is 2.21. The first-order chi connectivity index (χ1) is 8.54. The largest absolute Gasteiger partial charge is 0.368 e. The van der Waals surface area contributed by atoms with Gasteiger partial charge in [-0.15, -0.1) is 0 Å². The average molecular weight is 250 g/mol. The maximum absolute atomic E-state index is 5.67. The number of rotatable bonds is 4. The fraction of sp³-hybridized carbons (Fsp3) is 0.750. The molecule has 2 atom stereocenters. The Morgan fingerprint density at radius 3 is 2.67 bits per heavy atom. The predicted octanol–water partition coefficient (Wildman–Crippen LogP) is 1.37. The summed E-state index contributed by atoms with van der Waals surface area (Å²) in [6.45, 7) is 3.23. The van der Waals surface area contributed by atoms with E-state index in [9.17, 15) is 0 Å². The molecule has 0 saturated heterocycles. The molecule has 0 bridgehead atoms. The number of nitrogens with one attached hydrogen (secondary N) is 1. The highest BCUT2D eigenvalue weighted by atomic mass is 15.3.